The van der Waals surface area contributed by atoms with Gasteiger partial charge in [-0.2, -0.15) is 0 Å². The van der Waals surface area contributed by atoms with Gasteiger partial charge < -0.3 is 19.8 Å². The number of ether oxygens (including phenoxy) is 1. The van der Waals surface area contributed by atoms with Crippen molar-refractivity contribution in [3.63, 3.8) is 0 Å². The van der Waals surface area contributed by atoms with Crippen molar-refractivity contribution in [2.24, 2.45) is 0 Å². The van der Waals surface area contributed by atoms with Gasteiger partial charge in [0.25, 0.3) is 11.8 Å². The highest BCUT2D eigenvalue weighted by atomic mass is 16.5. The van der Waals surface area contributed by atoms with Crippen LogP contribution in [-0.4, -0.2) is 37.0 Å². The van der Waals surface area contributed by atoms with E-state index in [4.69, 9.17) is 9.15 Å². The largest absolute Gasteiger partial charge is 0.459 e. The van der Waals surface area contributed by atoms with Crippen molar-refractivity contribution in [2.75, 3.05) is 13.1 Å². The minimum Gasteiger partial charge on any atom is -0.459 e. The van der Waals surface area contributed by atoms with Gasteiger partial charge in [-0.1, -0.05) is 18.2 Å². The zero-order chi connectivity index (χ0) is 16.9. The van der Waals surface area contributed by atoms with Gasteiger partial charge in [0, 0.05) is 19.5 Å². The Morgan fingerprint density at radius 3 is 2.67 bits per heavy atom. The summed E-state index contributed by atoms with van der Waals surface area (Å²) in [5, 5.41) is 5.26. The summed E-state index contributed by atoms with van der Waals surface area (Å²) in [6.45, 7) is 0.462. The Hall–Kier alpha value is -3.09. The van der Waals surface area contributed by atoms with Crippen LogP contribution in [0.5, 0.6) is 0 Å². The van der Waals surface area contributed by atoms with E-state index in [2.05, 4.69) is 10.6 Å². The van der Waals surface area contributed by atoms with Gasteiger partial charge in [0.1, 0.15) is 0 Å². The van der Waals surface area contributed by atoms with E-state index in [1.807, 2.05) is 6.07 Å². The van der Waals surface area contributed by atoms with Crippen LogP contribution in [0, 0.1) is 0 Å². The molecule has 2 heterocycles. The molecule has 1 aromatic carbocycles. The van der Waals surface area contributed by atoms with Gasteiger partial charge in [-0.05, 0) is 23.8 Å². The standard InChI is InChI=1S/C17H16N2O5/c20-15(13-6-3-9-23-13)18-7-8-19-16(21)14-10-11-4-1-2-5-12(11)17(22)24-14/h1-6,9,14H,7-8,10H2,(H,18,20)(H,19,21). The third-order valence-electron chi connectivity index (χ3n) is 3.64. The van der Waals surface area contributed by atoms with Gasteiger partial charge in [-0.3, -0.25) is 9.59 Å². The summed E-state index contributed by atoms with van der Waals surface area (Å²) in [5.41, 5.74) is 1.28. The number of furan rings is 1. The zero-order valence-electron chi connectivity index (χ0n) is 12.8. The molecule has 0 bridgehead atoms. The van der Waals surface area contributed by atoms with Crippen LogP contribution in [0.1, 0.15) is 26.5 Å². The minimum absolute atomic E-state index is 0.208. The van der Waals surface area contributed by atoms with Crippen LogP contribution >= 0.6 is 0 Å². The van der Waals surface area contributed by atoms with Gasteiger partial charge in [0.05, 0.1) is 11.8 Å². The first kappa shape index (κ1) is 15.8. The molecule has 1 unspecified atom stereocenters. The first-order valence-electron chi connectivity index (χ1n) is 7.53. The molecule has 0 spiro atoms. The maximum absolute atomic E-state index is 12.1. The molecule has 0 saturated heterocycles. The van der Waals surface area contributed by atoms with Crippen molar-refractivity contribution in [2.45, 2.75) is 12.5 Å². The Morgan fingerprint density at radius 1 is 1.08 bits per heavy atom. The molecular formula is C17H16N2O5. The molecule has 3 rings (SSSR count). The predicted molar refractivity (Wildman–Crippen MR) is 83.4 cm³/mol. The highest BCUT2D eigenvalue weighted by molar-refractivity contribution is 5.95. The second-order valence-electron chi connectivity index (χ2n) is 5.28. The van der Waals surface area contributed by atoms with Crippen molar-refractivity contribution in [3.05, 3.63) is 59.5 Å². The lowest BCUT2D eigenvalue weighted by Crippen LogP contribution is -2.44. The van der Waals surface area contributed by atoms with Crippen molar-refractivity contribution in [3.8, 4) is 0 Å². The van der Waals surface area contributed by atoms with Crippen molar-refractivity contribution in [1.29, 1.82) is 0 Å². The monoisotopic (exact) mass is 328 g/mol. The number of benzene rings is 1. The number of carbonyl (C=O) groups is 3. The molecule has 0 aliphatic carbocycles. The molecule has 124 valence electrons. The number of amides is 2. The average molecular weight is 328 g/mol. The fraction of sp³-hybridized carbons (Fsp3) is 0.235. The summed E-state index contributed by atoms with van der Waals surface area (Å²) in [7, 11) is 0. The first-order valence-corrected chi connectivity index (χ1v) is 7.53. The van der Waals surface area contributed by atoms with Crippen LogP contribution in [0.15, 0.2) is 47.1 Å². The Morgan fingerprint density at radius 2 is 1.88 bits per heavy atom. The zero-order valence-corrected chi connectivity index (χ0v) is 12.8. The van der Waals surface area contributed by atoms with Gasteiger partial charge in [0.2, 0.25) is 0 Å². The molecule has 7 nitrogen and oxygen atoms in total. The average Bonchev–Trinajstić information content (AvgIpc) is 3.13. The van der Waals surface area contributed by atoms with Crippen LogP contribution in [0.4, 0.5) is 0 Å². The maximum atomic E-state index is 12.1. The molecule has 2 aromatic rings. The van der Waals surface area contributed by atoms with E-state index in [1.54, 1.807) is 30.3 Å². The molecule has 24 heavy (non-hydrogen) atoms. The summed E-state index contributed by atoms with van der Waals surface area (Å²) in [6, 6.07) is 10.2. The number of cyclic esters (lactones) is 1. The summed E-state index contributed by atoms with van der Waals surface area (Å²) >= 11 is 0. The molecule has 1 aromatic heterocycles. The molecule has 1 aliphatic rings. The molecule has 0 saturated carbocycles. The van der Waals surface area contributed by atoms with Crippen molar-refractivity contribution < 1.29 is 23.5 Å². The first-order chi connectivity index (χ1) is 11.6. The highest BCUT2D eigenvalue weighted by Crippen LogP contribution is 2.20. The highest BCUT2D eigenvalue weighted by Gasteiger charge is 2.30. The second-order valence-corrected chi connectivity index (χ2v) is 5.28. The van der Waals surface area contributed by atoms with Crippen LogP contribution in [0.2, 0.25) is 0 Å². The van der Waals surface area contributed by atoms with Gasteiger partial charge in [-0.25, -0.2) is 4.79 Å². The topological polar surface area (TPSA) is 97.6 Å². The lowest BCUT2D eigenvalue weighted by atomic mass is 9.98. The Kier molecular flexibility index (Phi) is 4.60. The van der Waals surface area contributed by atoms with Crippen LogP contribution in [-0.2, 0) is 16.0 Å². The number of hydrogen-bond acceptors (Lipinski definition) is 5. The molecule has 2 N–H and O–H groups in total. The van der Waals surface area contributed by atoms with E-state index in [1.165, 1.54) is 6.26 Å². The summed E-state index contributed by atoms with van der Waals surface area (Å²) in [5.74, 6) is -1.03. The second kappa shape index (κ2) is 6.99. The van der Waals surface area contributed by atoms with Crippen LogP contribution in [0.3, 0.4) is 0 Å². The predicted octanol–water partition coefficient (Wildman–Crippen LogP) is 0.907. The number of carbonyl (C=O) groups excluding carboxylic acids is 3. The number of fused-ring (bicyclic) bond motifs is 1. The molecule has 7 heteroatoms. The lowest BCUT2D eigenvalue weighted by Gasteiger charge is -2.23. The van der Waals surface area contributed by atoms with Gasteiger partial charge in [0.15, 0.2) is 11.9 Å². The third-order valence-corrected chi connectivity index (χ3v) is 3.64. The van der Waals surface area contributed by atoms with Crippen molar-refractivity contribution in [1.82, 2.24) is 10.6 Å². The van der Waals surface area contributed by atoms with Gasteiger partial charge in [-0.15, -0.1) is 0 Å². The van der Waals surface area contributed by atoms with E-state index in [9.17, 15) is 14.4 Å². The SMILES string of the molecule is O=C(NCCNC(=O)C1Cc2ccccc2C(=O)O1)c1ccco1. The lowest BCUT2D eigenvalue weighted by molar-refractivity contribution is -0.130. The molecule has 0 radical (unpaired) electrons. The van der Waals surface area contributed by atoms with Gasteiger partial charge >= 0.3 is 5.97 Å². The molecule has 2 amide bonds. The number of rotatable bonds is 5. The summed E-state index contributed by atoms with van der Waals surface area (Å²) < 4.78 is 10.1. The van der Waals surface area contributed by atoms with Crippen LogP contribution < -0.4 is 10.6 Å². The Balaban J connectivity index is 1.46. The number of nitrogens with one attached hydrogen (secondary N) is 2. The van der Waals surface area contributed by atoms with E-state index >= 15 is 0 Å². The maximum Gasteiger partial charge on any atom is 0.339 e. The number of esters is 1. The van der Waals surface area contributed by atoms with E-state index < -0.39 is 12.1 Å². The Labute approximate surface area is 138 Å². The fourth-order valence-electron chi connectivity index (χ4n) is 2.45. The van der Waals surface area contributed by atoms with Crippen molar-refractivity contribution >= 4 is 17.8 Å². The summed E-state index contributed by atoms with van der Waals surface area (Å²) in [6.07, 6.45) is 0.895. The smallest absolute Gasteiger partial charge is 0.339 e. The minimum atomic E-state index is -0.854. The van der Waals surface area contributed by atoms with E-state index in [0.717, 1.165) is 5.56 Å². The van der Waals surface area contributed by atoms with E-state index in [0.29, 0.717) is 12.0 Å². The summed E-state index contributed by atoms with van der Waals surface area (Å²) in [4.78, 5) is 35.6. The van der Waals surface area contributed by atoms with E-state index in [-0.39, 0.29) is 30.7 Å². The molecule has 0 fully saturated rings. The molecule has 1 aliphatic heterocycles. The Bertz CT molecular complexity index is 754. The third kappa shape index (κ3) is 3.45. The normalized spacial score (nSPS) is 16.0. The fourth-order valence-corrected chi connectivity index (χ4v) is 2.45. The quantitative estimate of drug-likeness (QED) is 0.628. The van der Waals surface area contributed by atoms with Crippen LogP contribution in [0.25, 0.3) is 0 Å². The molecular weight excluding hydrogens is 312 g/mol. The number of hydrogen-bond donors (Lipinski definition) is 2. The molecule has 1 atom stereocenters.